The highest BCUT2D eigenvalue weighted by atomic mass is 35.5. The van der Waals surface area contributed by atoms with Gasteiger partial charge in [0.05, 0.1) is 33.5 Å². The number of aromatic amines is 1. The molecule has 0 saturated carbocycles. The molecule has 0 radical (unpaired) electrons. The monoisotopic (exact) mass is 485 g/mol. The Morgan fingerprint density at radius 1 is 0.971 bits per heavy atom. The summed E-state index contributed by atoms with van der Waals surface area (Å²) in [4.78, 5) is 20.9. The Morgan fingerprint density at radius 2 is 1.76 bits per heavy atom. The van der Waals surface area contributed by atoms with Crippen LogP contribution < -0.4 is 5.32 Å². The first-order valence-electron chi connectivity index (χ1n) is 10.9. The number of H-pyrrole nitrogens is 1. The van der Waals surface area contributed by atoms with Crippen LogP contribution in [0.5, 0.6) is 0 Å². The molecule has 2 aromatic heterocycles. The molecule has 0 aliphatic heterocycles. The van der Waals surface area contributed by atoms with Crippen molar-refractivity contribution in [2.24, 2.45) is 0 Å². The number of aryl methyl sites for hydroxylation is 1. The lowest BCUT2D eigenvalue weighted by Gasteiger charge is -2.09. The van der Waals surface area contributed by atoms with Crippen molar-refractivity contribution in [3.8, 4) is 11.3 Å². The molecule has 2 N–H and O–H groups in total. The van der Waals surface area contributed by atoms with Gasteiger partial charge in [0.1, 0.15) is 0 Å². The van der Waals surface area contributed by atoms with Gasteiger partial charge in [0.15, 0.2) is 0 Å². The first kappa shape index (κ1) is 22.2. The van der Waals surface area contributed by atoms with Gasteiger partial charge in [-0.1, -0.05) is 77.3 Å². The van der Waals surface area contributed by atoms with Crippen molar-refractivity contribution < 1.29 is 4.79 Å². The number of carbonyl (C=O) groups excluding carboxylic acids is 1. The first-order valence-corrected chi connectivity index (χ1v) is 11.6. The van der Waals surface area contributed by atoms with Crippen molar-refractivity contribution in [3.05, 3.63) is 106 Å². The van der Waals surface area contributed by atoms with Crippen LogP contribution in [0.15, 0.2) is 78.9 Å². The molecule has 0 bridgehead atoms. The van der Waals surface area contributed by atoms with E-state index in [1.165, 1.54) is 11.6 Å². The molecule has 168 valence electrons. The average Bonchev–Trinajstić information content (AvgIpc) is 3.22. The maximum absolute atomic E-state index is 12.5. The molecule has 0 aliphatic rings. The lowest BCUT2D eigenvalue weighted by molar-refractivity contribution is -0.116. The lowest BCUT2D eigenvalue weighted by atomic mass is 10.1. The fourth-order valence-corrected chi connectivity index (χ4v) is 4.24. The molecule has 0 aliphatic carbocycles. The summed E-state index contributed by atoms with van der Waals surface area (Å²) in [7, 11) is 0. The normalized spacial score (nSPS) is 11.5. The summed E-state index contributed by atoms with van der Waals surface area (Å²) in [5.74, 6) is -0.219. The summed E-state index contributed by atoms with van der Waals surface area (Å²) in [5, 5.41) is 6.06. The van der Waals surface area contributed by atoms with E-state index < -0.39 is 0 Å². The molecule has 0 unspecified atom stereocenters. The number of rotatable bonds is 5. The number of para-hydroxylation sites is 1. The number of hydrogen-bond acceptors (Lipinski definition) is 2. The number of hydrogen-bond donors (Lipinski definition) is 2. The van der Waals surface area contributed by atoms with Crippen LogP contribution >= 0.6 is 23.2 Å². The minimum atomic E-state index is -0.219. The molecule has 2 heterocycles. The molecule has 0 fully saturated rings. The van der Waals surface area contributed by atoms with Gasteiger partial charge >= 0.3 is 0 Å². The molecule has 5 rings (SSSR count). The van der Waals surface area contributed by atoms with E-state index in [4.69, 9.17) is 28.2 Å². The van der Waals surface area contributed by atoms with E-state index in [9.17, 15) is 4.79 Å². The highest BCUT2D eigenvalue weighted by Crippen LogP contribution is 2.32. The van der Waals surface area contributed by atoms with E-state index in [0.29, 0.717) is 16.6 Å². The minimum Gasteiger partial charge on any atom is -0.353 e. The maximum Gasteiger partial charge on any atom is 0.244 e. The van der Waals surface area contributed by atoms with Gasteiger partial charge in [-0.3, -0.25) is 4.79 Å². The second-order valence-electron chi connectivity index (χ2n) is 8.15. The van der Waals surface area contributed by atoms with Crippen LogP contribution in [0.2, 0.25) is 10.0 Å². The largest absolute Gasteiger partial charge is 0.353 e. The number of nitrogens with one attached hydrogen (secondary N) is 2. The molecular weight excluding hydrogens is 465 g/mol. The number of carbonyl (C=O) groups is 1. The minimum absolute atomic E-state index is 0.219. The molecule has 6 heteroatoms. The Hall–Kier alpha value is -3.60. The van der Waals surface area contributed by atoms with Crippen LogP contribution in [0.4, 0.5) is 0 Å². The molecule has 0 atom stereocenters. The summed E-state index contributed by atoms with van der Waals surface area (Å²) in [6, 6.07) is 23.8. The zero-order valence-corrected chi connectivity index (χ0v) is 19.9. The highest BCUT2D eigenvalue weighted by molar-refractivity contribution is 6.42. The fourth-order valence-electron chi connectivity index (χ4n) is 3.93. The SMILES string of the molecule is Cc1ccc(-c2nc(CNC(=O)/C=C/c3ccc(Cl)c(Cl)c3)cc3c2[nH]c2ccccc23)cc1. The third-order valence-corrected chi connectivity index (χ3v) is 6.43. The standard InChI is InChI=1S/C28H21Cl2N3O/c1-17-6-10-19(11-7-17)27-28-22(21-4-2-3-5-25(21)33-28)15-20(32-27)16-31-26(34)13-9-18-8-12-23(29)24(30)14-18/h2-15,33H,16H2,1H3,(H,31,34)/b13-9+. The van der Waals surface area contributed by atoms with Crippen molar-refractivity contribution in [2.45, 2.75) is 13.5 Å². The Morgan fingerprint density at radius 3 is 2.56 bits per heavy atom. The maximum atomic E-state index is 12.5. The molecule has 4 nitrogen and oxygen atoms in total. The molecular formula is C28H21Cl2N3O. The number of nitrogens with zero attached hydrogens (tertiary/aromatic N) is 1. The third-order valence-electron chi connectivity index (χ3n) is 5.69. The van der Waals surface area contributed by atoms with Crippen molar-refractivity contribution in [1.29, 1.82) is 0 Å². The fraction of sp³-hybridized carbons (Fsp3) is 0.0714. The molecule has 0 saturated heterocycles. The van der Waals surface area contributed by atoms with E-state index in [2.05, 4.69) is 53.6 Å². The molecule has 0 spiro atoms. The van der Waals surface area contributed by atoms with Crippen molar-refractivity contribution in [1.82, 2.24) is 15.3 Å². The predicted molar refractivity (Wildman–Crippen MR) is 141 cm³/mol. The number of halogens is 2. The first-order chi connectivity index (χ1) is 16.5. The van der Waals surface area contributed by atoms with E-state index in [1.807, 2.05) is 18.2 Å². The molecule has 1 amide bonds. The van der Waals surface area contributed by atoms with Gasteiger partial charge in [0.25, 0.3) is 0 Å². The molecule has 3 aromatic carbocycles. The Bertz CT molecular complexity index is 1550. The second kappa shape index (κ2) is 9.34. The summed E-state index contributed by atoms with van der Waals surface area (Å²) in [5.41, 5.74) is 6.69. The van der Waals surface area contributed by atoms with Gasteiger partial charge in [-0.2, -0.15) is 0 Å². The van der Waals surface area contributed by atoms with E-state index in [1.54, 1.807) is 24.3 Å². The molecule has 34 heavy (non-hydrogen) atoms. The van der Waals surface area contributed by atoms with Gasteiger partial charge in [0, 0.05) is 27.9 Å². The summed E-state index contributed by atoms with van der Waals surface area (Å²) in [6.45, 7) is 2.37. The third kappa shape index (κ3) is 4.56. The molecule has 5 aromatic rings. The smallest absolute Gasteiger partial charge is 0.244 e. The number of fused-ring (bicyclic) bond motifs is 3. The Balaban J connectivity index is 1.45. The quantitative estimate of drug-likeness (QED) is 0.256. The van der Waals surface area contributed by atoms with Gasteiger partial charge < -0.3 is 10.3 Å². The van der Waals surface area contributed by atoms with Crippen LogP contribution in [0.1, 0.15) is 16.8 Å². The van der Waals surface area contributed by atoms with Crippen LogP contribution in [0.25, 0.3) is 39.1 Å². The number of benzene rings is 3. The van der Waals surface area contributed by atoms with E-state index in [-0.39, 0.29) is 5.91 Å². The van der Waals surface area contributed by atoms with E-state index >= 15 is 0 Å². The highest BCUT2D eigenvalue weighted by Gasteiger charge is 2.13. The Kier molecular flexibility index (Phi) is 6.10. The van der Waals surface area contributed by atoms with Gasteiger partial charge in [0.2, 0.25) is 5.91 Å². The van der Waals surface area contributed by atoms with Gasteiger partial charge in [-0.15, -0.1) is 0 Å². The topological polar surface area (TPSA) is 57.8 Å². The zero-order valence-electron chi connectivity index (χ0n) is 18.4. The lowest BCUT2D eigenvalue weighted by Crippen LogP contribution is -2.21. The average molecular weight is 486 g/mol. The summed E-state index contributed by atoms with van der Waals surface area (Å²) < 4.78 is 0. The predicted octanol–water partition coefficient (Wildman–Crippen LogP) is 7.33. The number of aromatic nitrogens is 2. The zero-order chi connectivity index (χ0) is 23.7. The van der Waals surface area contributed by atoms with Crippen LogP contribution in [-0.4, -0.2) is 15.9 Å². The van der Waals surface area contributed by atoms with Crippen LogP contribution in [0, 0.1) is 6.92 Å². The van der Waals surface area contributed by atoms with Gasteiger partial charge in [-0.25, -0.2) is 4.98 Å². The van der Waals surface area contributed by atoms with Crippen molar-refractivity contribution in [2.75, 3.05) is 0 Å². The van der Waals surface area contributed by atoms with Crippen LogP contribution in [0.3, 0.4) is 0 Å². The number of amides is 1. The summed E-state index contributed by atoms with van der Waals surface area (Å²) >= 11 is 12.0. The summed E-state index contributed by atoms with van der Waals surface area (Å²) in [6.07, 6.45) is 3.18. The van der Waals surface area contributed by atoms with Gasteiger partial charge in [-0.05, 0) is 42.8 Å². The number of pyridine rings is 1. The Labute approximate surface area is 207 Å². The van der Waals surface area contributed by atoms with Crippen molar-refractivity contribution in [3.63, 3.8) is 0 Å². The van der Waals surface area contributed by atoms with Crippen LogP contribution in [-0.2, 0) is 11.3 Å². The second-order valence-corrected chi connectivity index (χ2v) is 8.96. The van der Waals surface area contributed by atoms with Crippen molar-refractivity contribution >= 4 is 57.0 Å². The van der Waals surface area contributed by atoms with E-state index in [0.717, 1.165) is 44.3 Å².